The molecule has 156 valence electrons. The molecule has 1 unspecified atom stereocenters. The summed E-state index contributed by atoms with van der Waals surface area (Å²) in [5.74, 6) is -0.357. The van der Waals surface area contributed by atoms with Crippen molar-refractivity contribution in [1.29, 1.82) is 0 Å². The zero-order valence-corrected chi connectivity index (χ0v) is 16.3. The first-order chi connectivity index (χ1) is 13.6. The van der Waals surface area contributed by atoms with Crippen LogP contribution in [0.25, 0.3) is 0 Å². The van der Waals surface area contributed by atoms with Crippen LogP contribution in [-0.4, -0.2) is 55.4 Å². The molecule has 2 rings (SSSR count). The summed E-state index contributed by atoms with van der Waals surface area (Å²) in [6, 6.07) is 4.41. The fraction of sp³-hybridized carbons (Fsp3) is 0.316. The van der Waals surface area contributed by atoms with E-state index < -0.39 is 12.4 Å². The average molecular weight is 430 g/mol. The summed E-state index contributed by atoms with van der Waals surface area (Å²) in [6.07, 6.45) is -0.632. The van der Waals surface area contributed by atoms with Gasteiger partial charge in [0, 0.05) is 35.9 Å². The van der Waals surface area contributed by atoms with Crippen molar-refractivity contribution in [3.8, 4) is 5.75 Å². The molecule has 1 fully saturated rings. The Kier molecular flexibility index (Phi) is 7.90. The number of amides is 2. The number of alkyl halides is 3. The molecule has 0 spiro atoms. The number of carbonyl (C=O) groups is 1. The van der Waals surface area contributed by atoms with Crippen molar-refractivity contribution in [2.45, 2.75) is 18.8 Å². The highest BCUT2D eigenvalue weighted by Gasteiger charge is 2.31. The van der Waals surface area contributed by atoms with E-state index in [1.165, 1.54) is 12.1 Å². The molecule has 0 radical (unpaired) electrons. The lowest BCUT2D eigenvalue weighted by molar-refractivity contribution is -0.274. The number of hydrogen-bond acceptors (Lipinski definition) is 3. The number of rotatable bonds is 7. The Morgan fingerprint density at radius 2 is 2.03 bits per heavy atom. The lowest BCUT2D eigenvalue weighted by Gasteiger charge is -2.15. The molecule has 6 nitrogen and oxygen atoms in total. The first-order valence-corrected chi connectivity index (χ1v) is 9.03. The highest BCUT2D eigenvalue weighted by Crippen LogP contribution is 2.24. The van der Waals surface area contributed by atoms with E-state index in [4.69, 9.17) is 11.6 Å². The van der Waals surface area contributed by atoms with Crippen LogP contribution in [0.3, 0.4) is 0 Å². The first-order valence-electron chi connectivity index (χ1n) is 8.65. The van der Waals surface area contributed by atoms with Gasteiger partial charge in [0.2, 0.25) is 0 Å². The lowest BCUT2D eigenvalue weighted by Crippen LogP contribution is -2.40. The Hall–Kier alpha value is -2.74. The van der Waals surface area contributed by atoms with E-state index in [1.807, 2.05) is 0 Å². The van der Waals surface area contributed by atoms with Crippen molar-refractivity contribution in [3.63, 3.8) is 0 Å². The fourth-order valence-electron chi connectivity index (χ4n) is 2.76. The van der Waals surface area contributed by atoms with E-state index in [0.717, 1.165) is 30.8 Å². The third kappa shape index (κ3) is 8.43. The van der Waals surface area contributed by atoms with Crippen molar-refractivity contribution in [2.75, 3.05) is 25.0 Å². The second-order valence-electron chi connectivity index (χ2n) is 6.32. The standard InChI is InChI=1S/C19H20ClF3N4O2/c1-13(20)3-4-15(24-2)11-27-10-9-16(12-27)26-18(28)25-14-5-7-17(8-6-14)29-19(21,22)23/h3-8,16H,1-2,9-12H2,(H-,25,26,28)/p+1. The number of likely N-dealkylation sites (tertiary alicyclic amines) is 1. The Labute approximate surface area is 171 Å². The topological polar surface area (TPSA) is 67.7 Å². The van der Waals surface area contributed by atoms with Gasteiger partial charge in [0.05, 0.1) is 0 Å². The fourth-order valence-corrected chi connectivity index (χ4v) is 2.82. The van der Waals surface area contributed by atoms with Crippen LogP contribution in [0.1, 0.15) is 6.42 Å². The number of carbonyl (C=O) groups excluding carboxylic acids is 1. The van der Waals surface area contributed by atoms with Gasteiger partial charge in [0.25, 0.3) is 6.72 Å². The van der Waals surface area contributed by atoms with Crippen molar-refractivity contribution in [2.24, 2.45) is 0 Å². The monoisotopic (exact) mass is 429 g/mol. The summed E-state index contributed by atoms with van der Waals surface area (Å²) in [5, 5.41) is 5.81. The molecule has 0 bridgehead atoms. The summed E-state index contributed by atoms with van der Waals surface area (Å²) in [5.41, 5.74) is 1.09. The number of anilines is 1. The highest BCUT2D eigenvalue weighted by atomic mass is 35.5. The summed E-state index contributed by atoms with van der Waals surface area (Å²) in [4.78, 5) is 14.2. The minimum Gasteiger partial charge on any atom is -0.406 e. The Balaban J connectivity index is 1.80. The maximum Gasteiger partial charge on any atom is 0.573 e. The van der Waals surface area contributed by atoms with Crippen molar-refractivity contribution in [1.82, 2.24) is 14.9 Å². The predicted molar refractivity (Wildman–Crippen MR) is 109 cm³/mol. The molecule has 1 aliphatic rings. The van der Waals surface area contributed by atoms with Gasteiger partial charge in [-0.1, -0.05) is 18.2 Å². The van der Waals surface area contributed by atoms with Crippen LogP contribution in [0.2, 0.25) is 0 Å². The van der Waals surface area contributed by atoms with Gasteiger partial charge in [-0.25, -0.2) is 4.79 Å². The molecule has 1 aromatic carbocycles. The summed E-state index contributed by atoms with van der Waals surface area (Å²) >= 11 is 5.70. The van der Waals surface area contributed by atoms with Gasteiger partial charge in [0.1, 0.15) is 12.3 Å². The maximum atomic E-state index is 12.2. The van der Waals surface area contributed by atoms with Crippen LogP contribution in [0.15, 0.2) is 48.0 Å². The molecular weight excluding hydrogens is 409 g/mol. The van der Waals surface area contributed by atoms with E-state index in [1.54, 1.807) is 12.2 Å². The predicted octanol–water partition coefficient (Wildman–Crippen LogP) is 3.30. The van der Waals surface area contributed by atoms with Gasteiger partial charge in [-0.15, -0.1) is 17.8 Å². The molecule has 1 saturated heterocycles. The van der Waals surface area contributed by atoms with Gasteiger partial charge in [-0.3, -0.25) is 4.90 Å². The zero-order chi connectivity index (χ0) is 21.4. The quantitative estimate of drug-likeness (QED) is 0.397. The van der Waals surface area contributed by atoms with E-state index in [0.29, 0.717) is 23.8 Å². The Bertz CT molecular complexity index is 818. The molecule has 0 saturated carbocycles. The normalized spacial score (nSPS) is 17.0. The maximum absolute atomic E-state index is 12.2. The van der Waals surface area contributed by atoms with Crippen LogP contribution in [-0.2, 0) is 0 Å². The number of halogens is 4. The third-order valence-corrected chi connectivity index (χ3v) is 4.12. The first kappa shape index (κ1) is 22.5. The van der Waals surface area contributed by atoms with Crippen LogP contribution >= 0.6 is 11.6 Å². The van der Waals surface area contributed by atoms with E-state index in [9.17, 15) is 18.0 Å². The van der Waals surface area contributed by atoms with Gasteiger partial charge in [0.15, 0.2) is 0 Å². The highest BCUT2D eigenvalue weighted by molar-refractivity contribution is 6.31. The van der Waals surface area contributed by atoms with Crippen LogP contribution in [0, 0.1) is 0 Å². The van der Waals surface area contributed by atoms with Crippen molar-refractivity contribution >= 4 is 35.7 Å². The molecule has 0 aromatic heterocycles. The minimum absolute atomic E-state index is 0.0686. The SMILES string of the molecule is C=[N+]=C(C=CC(=C)Cl)CN1CCC(NC(=O)Nc2ccc(OC(F)(F)F)cc2)C1. The number of allylic oxidation sites excluding steroid dienone is 2. The van der Waals surface area contributed by atoms with E-state index in [-0.39, 0.29) is 11.8 Å². The molecule has 1 heterocycles. The number of urea groups is 1. The number of ether oxygens (including phenoxy) is 1. The zero-order valence-electron chi connectivity index (χ0n) is 15.5. The average Bonchev–Trinajstić information content (AvgIpc) is 3.05. The number of nitrogens with zero attached hydrogens (tertiary/aromatic N) is 2. The summed E-state index contributed by atoms with van der Waals surface area (Å²) in [6.45, 7) is 9.06. The second kappa shape index (κ2) is 10.2. The third-order valence-electron chi connectivity index (χ3n) is 4.00. The lowest BCUT2D eigenvalue weighted by atomic mass is 10.2. The number of nitrogens with one attached hydrogen (secondary N) is 2. The Morgan fingerprint density at radius 3 is 2.62 bits per heavy atom. The molecule has 1 aromatic rings. The molecule has 29 heavy (non-hydrogen) atoms. The number of benzene rings is 1. The van der Waals surface area contributed by atoms with Gasteiger partial charge in [-0.2, -0.15) is 0 Å². The van der Waals surface area contributed by atoms with Gasteiger partial charge < -0.3 is 15.4 Å². The second-order valence-corrected chi connectivity index (χ2v) is 6.81. The van der Waals surface area contributed by atoms with Gasteiger partial charge >= 0.3 is 18.1 Å². The molecule has 1 aliphatic heterocycles. The smallest absolute Gasteiger partial charge is 0.406 e. The van der Waals surface area contributed by atoms with E-state index >= 15 is 0 Å². The van der Waals surface area contributed by atoms with E-state index in [2.05, 4.69) is 38.2 Å². The molecule has 1 atom stereocenters. The molecular formula is C19H21ClF3N4O2+. The van der Waals surface area contributed by atoms with Crippen molar-refractivity contribution < 1.29 is 22.7 Å². The van der Waals surface area contributed by atoms with Crippen LogP contribution in [0.4, 0.5) is 23.7 Å². The molecule has 2 N–H and O–H groups in total. The molecule has 10 heteroatoms. The van der Waals surface area contributed by atoms with Gasteiger partial charge in [-0.05, 0) is 36.8 Å². The molecule has 2 amide bonds. The summed E-state index contributed by atoms with van der Waals surface area (Å²) < 4.78 is 44.2. The van der Waals surface area contributed by atoms with Crippen molar-refractivity contribution in [3.05, 3.63) is 48.0 Å². The minimum atomic E-state index is -4.76. The number of hydrogen-bond donors (Lipinski definition) is 2. The summed E-state index contributed by atoms with van der Waals surface area (Å²) in [7, 11) is 0. The largest absolute Gasteiger partial charge is 0.573 e. The van der Waals surface area contributed by atoms with Crippen LogP contribution < -0.4 is 20.0 Å². The van der Waals surface area contributed by atoms with Crippen LogP contribution in [0.5, 0.6) is 5.75 Å². The molecule has 0 aliphatic carbocycles. The Morgan fingerprint density at radius 1 is 1.34 bits per heavy atom.